The number of amides is 1. The van der Waals surface area contributed by atoms with Gasteiger partial charge in [-0.05, 0) is 31.2 Å². The van der Waals surface area contributed by atoms with Crippen molar-refractivity contribution in [1.29, 1.82) is 0 Å². The van der Waals surface area contributed by atoms with Crippen LogP contribution in [0.3, 0.4) is 0 Å². The third kappa shape index (κ3) is 4.03. The Morgan fingerprint density at radius 1 is 1.43 bits per heavy atom. The maximum Gasteiger partial charge on any atom is 0.259 e. The van der Waals surface area contributed by atoms with Gasteiger partial charge in [0.25, 0.3) is 5.91 Å². The summed E-state index contributed by atoms with van der Waals surface area (Å²) in [6, 6.07) is 6.98. The number of aryl methyl sites for hydroxylation is 2. The molecule has 110 valence electrons. The monoisotopic (exact) mass is 304 g/mol. The molecule has 3 N–H and O–H groups in total. The van der Waals surface area contributed by atoms with E-state index in [9.17, 15) is 4.79 Å². The van der Waals surface area contributed by atoms with Gasteiger partial charge in [-0.2, -0.15) is 5.10 Å². The van der Waals surface area contributed by atoms with E-state index in [1.54, 1.807) is 49.1 Å². The van der Waals surface area contributed by atoms with Crippen molar-refractivity contribution in [2.75, 3.05) is 11.9 Å². The lowest BCUT2D eigenvalue weighted by Gasteiger charge is -2.07. The summed E-state index contributed by atoms with van der Waals surface area (Å²) in [5.41, 5.74) is 7.26. The Balaban J connectivity index is 2.01. The van der Waals surface area contributed by atoms with Crippen LogP contribution in [-0.2, 0) is 7.05 Å². The zero-order valence-corrected chi connectivity index (χ0v) is 12.6. The number of nitrogens with zero attached hydrogens (tertiary/aromatic N) is 2. The molecule has 0 unspecified atom stereocenters. The molecule has 0 fully saturated rings. The van der Waals surface area contributed by atoms with Crippen LogP contribution in [0.15, 0.2) is 30.5 Å². The van der Waals surface area contributed by atoms with Gasteiger partial charge in [-0.25, -0.2) is 0 Å². The van der Waals surface area contributed by atoms with Gasteiger partial charge in [0.2, 0.25) is 0 Å². The van der Waals surface area contributed by atoms with Crippen LogP contribution in [0.4, 0.5) is 5.69 Å². The minimum Gasteiger partial charge on any atom is -0.487 e. The van der Waals surface area contributed by atoms with Gasteiger partial charge < -0.3 is 15.8 Å². The van der Waals surface area contributed by atoms with E-state index in [0.717, 1.165) is 0 Å². The molecule has 1 amide bonds. The molecule has 0 bridgehead atoms. The molecule has 0 aliphatic carbocycles. The lowest BCUT2D eigenvalue weighted by Crippen LogP contribution is -2.17. The van der Waals surface area contributed by atoms with Crippen molar-refractivity contribution in [2.24, 2.45) is 12.8 Å². The summed E-state index contributed by atoms with van der Waals surface area (Å²) in [6.45, 7) is 1.98. The highest BCUT2D eigenvalue weighted by atomic mass is 32.1. The van der Waals surface area contributed by atoms with Crippen LogP contribution < -0.4 is 15.8 Å². The lowest BCUT2D eigenvalue weighted by molar-refractivity contribution is 0.102. The average Bonchev–Trinajstić information content (AvgIpc) is 2.77. The molecular weight excluding hydrogens is 288 g/mol. The minimum absolute atomic E-state index is 0.190. The number of hydrogen-bond donors (Lipinski definition) is 2. The number of ether oxygens (including phenoxy) is 1. The molecule has 0 saturated heterocycles. The Labute approximate surface area is 127 Å². The van der Waals surface area contributed by atoms with Crippen LogP contribution in [0.1, 0.15) is 16.1 Å². The largest absolute Gasteiger partial charge is 0.487 e. The average molecular weight is 304 g/mol. The second-order valence-electron chi connectivity index (χ2n) is 4.54. The third-order valence-corrected chi connectivity index (χ3v) is 2.87. The normalized spacial score (nSPS) is 10.2. The Hall–Kier alpha value is -2.41. The van der Waals surface area contributed by atoms with Gasteiger partial charge in [0.1, 0.15) is 17.3 Å². The van der Waals surface area contributed by atoms with E-state index in [0.29, 0.717) is 27.7 Å². The van der Waals surface area contributed by atoms with Crippen LogP contribution in [0.2, 0.25) is 0 Å². The second kappa shape index (κ2) is 6.36. The van der Waals surface area contributed by atoms with Crippen molar-refractivity contribution >= 4 is 28.8 Å². The summed E-state index contributed by atoms with van der Waals surface area (Å²) in [5, 5.41) is 6.95. The smallest absolute Gasteiger partial charge is 0.259 e. The van der Waals surface area contributed by atoms with Gasteiger partial charge in [0, 0.05) is 18.9 Å². The van der Waals surface area contributed by atoms with Crippen molar-refractivity contribution in [3.63, 3.8) is 0 Å². The van der Waals surface area contributed by atoms with Crippen LogP contribution in [-0.4, -0.2) is 27.3 Å². The van der Waals surface area contributed by atoms with Gasteiger partial charge in [0.15, 0.2) is 0 Å². The van der Waals surface area contributed by atoms with Crippen LogP contribution >= 0.6 is 12.2 Å². The van der Waals surface area contributed by atoms with Crippen molar-refractivity contribution in [3.8, 4) is 5.75 Å². The zero-order chi connectivity index (χ0) is 15.4. The molecule has 1 heterocycles. The fourth-order valence-electron chi connectivity index (χ4n) is 1.81. The van der Waals surface area contributed by atoms with Gasteiger partial charge in [-0.1, -0.05) is 12.2 Å². The van der Waals surface area contributed by atoms with E-state index in [1.807, 2.05) is 0 Å². The first kappa shape index (κ1) is 15.0. The molecule has 7 heteroatoms. The van der Waals surface area contributed by atoms with E-state index < -0.39 is 0 Å². The van der Waals surface area contributed by atoms with Gasteiger partial charge >= 0.3 is 0 Å². The molecular formula is C14H16N4O2S. The number of thiocarbonyl (C=S) groups is 1. The molecule has 0 aliphatic heterocycles. The van der Waals surface area contributed by atoms with E-state index in [4.69, 9.17) is 22.7 Å². The first-order valence-electron chi connectivity index (χ1n) is 6.28. The fraction of sp³-hybridized carbons (Fsp3) is 0.214. The topological polar surface area (TPSA) is 82.2 Å². The summed E-state index contributed by atoms with van der Waals surface area (Å²) in [4.78, 5) is 12.4. The molecule has 0 atom stereocenters. The Morgan fingerprint density at radius 2 is 2.10 bits per heavy atom. The molecule has 0 saturated carbocycles. The molecule has 2 rings (SSSR count). The maximum atomic E-state index is 12.1. The number of nitrogens with two attached hydrogens (primary N) is 1. The summed E-state index contributed by atoms with van der Waals surface area (Å²) < 4.78 is 6.95. The van der Waals surface area contributed by atoms with Crippen molar-refractivity contribution in [1.82, 2.24) is 9.78 Å². The number of anilines is 1. The lowest BCUT2D eigenvalue weighted by atomic mass is 10.2. The van der Waals surface area contributed by atoms with Gasteiger partial charge in [0.05, 0.1) is 11.3 Å². The molecule has 6 nitrogen and oxygen atoms in total. The van der Waals surface area contributed by atoms with E-state index in [1.165, 1.54) is 0 Å². The molecule has 21 heavy (non-hydrogen) atoms. The quantitative estimate of drug-likeness (QED) is 0.821. The van der Waals surface area contributed by atoms with Crippen LogP contribution in [0.5, 0.6) is 5.75 Å². The number of carbonyl (C=O) groups is 1. The Morgan fingerprint density at radius 3 is 2.62 bits per heavy atom. The van der Waals surface area contributed by atoms with Crippen molar-refractivity contribution in [3.05, 3.63) is 41.7 Å². The predicted octanol–water partition coefficient (Wildman–Crippen LogP) is 1.65. The number of hydrogen-bond acceptors (Lipinski definition) is 4. The van der Waals surface area contributed by atoms with Crippen molar-refractivity contribution < 1.29 is 9.53 Å². The SMILES string of the molecule is Cc1nn(C)cc1C(=O)Nc1ccc(OCC(N)=S)cc1. The predicted molar refractivity (Wildman–Crippen MR) is 84.6 cm³/mol. The minimum atomic E-state index is -0.197. The first-order valence-corrected chi connectivity index (χ1v) is 6.69. The number of aromatic nitrogens is 2. The second-order valence-corrected chi connectivity index (χ2v) is 5.06. The Kier molecular flexibility index (Phi) is 4.54. The summed E-state index contributed by atoms with van der Waals surface area (Å²) in [7, 11) is 1.78. The summed E-state index contributed by atoms with van der Waals surface area (Å²) >= 11 is 4.73. The zero-order valence-electron chi connectivity index (χ0n) is 11.8. The van der Waals surface area contributed by atoms with E-state index >= 15 is 0 Å². The van der Waals surface area contributed by atoms with E-state index in [-0.39, 0.29) is 12.5 Å². The Bertz CT molecular complexity index is 664. The highest BCUT2D eigenvalue weighted by molar-refractivity contribution is 7.80. The molecule has 1 aromatic carbocycles. The molecule has 0 spiro atoms. The highest BCUT2D eigenvalue weighted by Gasteiger charge is 2.12. The fourth-order valence-corrected chi connectivity index (χ4v) is 1.87. The highest BCUT2D eigenvalue weighted by Crippen LogP contribution is 2.17. The third-order valence-electron chi connectivity index (χ3n) is 2.75. The number of carbonyl (C=O) groups excluding carboxylic acids is 1. The number of rotatable bonds is 5. The van der Waals surface area contributed by atoms with Crippen molar-refractivity contribution in [2.45, 2.75) is 6.92 Å². The molecule has 0 aliphatic rings. The van der Waals surface area contributed by atoms with Gasteiger partial charge in [-0.3, -0.25) is 9.48 Å². The molecule has 0 radical (unpaired) electrons. The maximum absolute atomic E-state index is 12.1. The standard InChI is InChI=1S/C14H16N4O2S/c1-9-12(7-18(2)17-9)14(19)16-10-3-5-11(6-4-10)20-8-13(15)21/h3-7H,8H2,1-2H3,(H2,15,21)(H,16,19). The number of benzene rings is 1. The molecule has 2 aromatic rings. The van der Waals surface area contributed by atoms with Crippen LogP contribution in [0, 0.1) is 6.92 Å². The van der Waals surface area contributed by atoms with E-state index in [2.05, 4.69) is 10.4 Å². The van der Waals surface area contributed by atoms with Gasteiger partial charge in [-0.15, -0.1) is 0 Å². The summed E-state index contributed by atoms with van der Waals surface area (Å²) in [5.74, 6) is 0.441. The molecule has 1 aromatic heterocycles. The van der Waals surface area contributed by atoms with Crippen LogP contribution in [0.25, 0.3) is 0 Å². The summed E-state index contributed by atoms with van der Waals surface area (Å²) in [6.07, 6.45) is 1.68. The first-order chi connectivity index (χ1) is 9.95. The number of nitrogens with one attached hydrogen (secondary N) is 1.